The van der Waals surface area contributed by atoms with Crippen LogP contribution in [0.25, 0.3) is 0 Å². The van der Waals surface area contributed by atoms with Gasteiger partial charge >= 0.3 is 6.09 Å². The highest BCUT2D eigenvalue weighted by Crippen LogP contribution is 2.17. The lowest BCUT2D eigenvalue weighted by atomic mass is 10.1. The third kappa shape index (κ3) is 2.95. The van der Waals surface area contributed by atoms with Gasteiger partial charge in [0, 0.05) is 5.56 Å². The molecule has 0 aliphatic heterocycles. The van der Waals surface area contributed by atoms with Gasteiger partial charge in [0.15, 0.2) is 6.10 Å². The van der Waals surface area contributed by atoms with Crippen molar-refractivity contribution >= 4 is 23.5 Å². The second kappa shape index (κ2) is 4.79. The molecule has 0 fully saturated rings. The zero-order chi connectivity index (χ0) is 11.4. The quantitative estimate of drug-likeness (QED) is 0.803. The lowest BCUT2D eigenvalue weighted by Crippen LogP contribution is -2.27. The summed E-state index contributed by atoms with van der Waals surface area (Å²) in [6.07, 6.45) is -1.91. The van der Waals surface area contributed by atoms with Crippen LogP contribution in [0.3, 0.4) is 0 Å². The number of hydrogen-bond donors (Lipinski definition) is 1. The van der Waals surface area contributed by atoms with Gasteiger partial charge in [-0.2, -0.15) is 0 Å². The van der Waals surface area contributed by atoms with Gasteiger partial charge in [-0.3, -0.25) is 4.79 Å². The van der Waals surface area contributed by atoms with Crippen molar-refractivity contribution in [2.75, 3.05) is 0 Å². The maximum absolute atomic E-state index is 11.7. The molecule has 1 amide bonds. The monoisotopic (exact) mass is 227 g/mol. The molecule has 15 heavy (non-hydrogen) atoms. The van der Waals surface area contributed by atoms with E-state index in [0.717, 1.165) is 0 Å². The second-order valence-electron chi connectivity index (χ2n) is 2.92. The maximum Gasteiger partial charge on any atom is 0.405 e. The molecule has 0 aliphatic carbocycles. The standard InChI is InChI=1S/C10H10ClNO3/c1-6(15-10(12)14)9(13)7-4-2-3-5-8(7)11/h2-6H,1H3,(H2,12,14)/t6-/m0/s1. The molecule has 0 unspecified atom stereocenters. The summed E-state index contributed by atoms with van der Waals surface area (Å²) in [4.78, 5) is 22.1. The minimum absolute atomic E-state index is 0.313. The number of carbonyl (C=O) groups excluding carboxylic acids is 2. The first kappa shape index (κ1) is 11.5. The van der Waals surface area contributed by atoms with Crippen molar-refractivity contribution in [1.82, 2.24) is 0 Å². The SMILES string of the molecule is C[C@H](OC(N)=O)C(=O)c1ccccc1Cl. The predicted molar refractivity (Wildman–Crippen MR) is 55.9 cm³/mol. The second-order valence-corrected chi connectivity index (χ2v) is 3.33. The van der Waals surface area contributed by atoms with Crippen molar-refractivity contribution in [3.05, 3.63) is 34.9 Å². The molecule has 1 rings (SSSR count). The van der Waals surface area contributed by atoms with Crippen LogP contribution in [0.5, 0.6) is 0 Å². The number of rotatable bonds is 3. The van der Waals surface area contributed by atoms with Crippen LogP contribution < -0.4 is 5.73 Å². The number of carbonyl (C=O) groups is 2. The first-order valence-corrected chi connectivity index (χ1v) is 4.65. The fourth-order valence-electron chi connectivity index (χ4n) is 1.11. The van der Waals surface area contributed by atoms with Crippen molar-refractivity contribution in [3.63, 3.8) is 0 Å². The topological polar surface area (TPSA) is 69.4 Å². The lowest BCUT2D eigenvalue weighted by Gasteiger charge is -2.10. The Morgan fingerprint density at radius 3 is 2.53 bits per heavy atom. The molecule has 2 N–H and O–H groups in total. The van der Waals surface area contributed by atoms with Crippen LogP contribution >= 0.6 is 11.6 Å². The minimum Gasteiger partial charge on any atom is -0.438 e. The molecule has 0 bridgehead atoms. The van der Waals surface area contributed by atoms with Crippen LogP contribution in [0.4, 0.5) is 4.79 Å². The molecule has 1 atom stereocenters. The summed E-state index contributed by atoms with van der Waals surface area (Å²) >= 11 is 5.81. The molecule has 0 heterocycles. The number of primary amides is 1. The van der Waals surface area contributed by atoms with E-state index in [4.69, 9.17) is 17.3 Å². The number of ether oxygens (including phenoxy) is 1. The average molecular weight is 228 g/mol. The third-order valence-corrected chi connectivity index (χ3v) is 2.13. The molecule has 5 heteroatoms. The summed E-state index contributed by atoms with van der Waals surface area (Å²) in [5.41, 5.74) is 5.11. The molecule has 0 spiro atoms. The number of ketones is 1. The Morgan fingerprint density at radius 1 is 1.40 bits per heavy atom. The van der Waals surface area contributed by atoms with Gasteiger partial charge in [-0.05, 0) is 19.1 Å². The van der Waals surface area contributed by atoms with Gasteiger partial charge < -0.3 is 10.5 Å². The van der Waals surface area contributed by atoms with Crippen LogP contribution in [0.2, 0.25) is 5.02 Å². The predicted octanol–water partition coefficient (Wildman–Crippen LogP) is 2.01. The molecule has 0 aromatic heterocycles. The molecule has 1 aromatic rings. The molecule has 1 aromatic carbocycles. The highest BCUT2D eigenvalue weighted by Gasteiger charge is 2.19. The fraction of sp³-hybridized carbons (Fsp3) is 0.200. The van der Waals surface area contributed by atoms with Gasteiger partial charge in [0.1, 0.15) is 0 Å². The van der Waals surface area contributed by atoms with Gasteiger partial charge in [-0.25, -0.2) is 4.79 Å². The number of amides is 1. The Kier molecular flexibility index (Phi) is 3.68. The van der Waals surface area contributed by atoms with Crippen LogP contribution in [-0.2, 0) is 4.74 Å². The smallest absolute Gasteiger partial charge is 0.405 e. The normalized spacial score (nSPS) is 11.9. The van der Waals surface area contributed by atoms with Gasteiger partial charge in [0.05, 0.1) is 5.02 Å². The first-order chi connectivity index (χ1) is 7.02. The summed E-state index contributed by atoms with van der Waals surface area (Å²) in [6, 6.07) is 6.53. The molecule has 0 radical (unpaired) electrons. The van der Waals surface area contributed by atoms with Crippen LogP contribution in [-0.4, -0.2) is 18.0 Å². The van der Waals surface area contributed by atoms with Gasteiger partial charge in [0.25, 0.3) is 0 Å². The molecule has 0 saturated heterocycles. The molecular formula is C10H10ClNO3. The van der Waals surface area contributed by atoms with Crippen LogP contribution in [0, 0.1) is 0 Å². The Balaban J connectivity index is 2.85. The number of benzene rings is 1. The largest absolute Gasteiger partial charge is 0.438 e. The van der Waals surface area contributed by atoms with E-state index in [-0.39, 0.29) is 5.78 Å². The van der Waals surface area contributed by atoms with Gasteiger partial charge in [0.2, 0.25) is 5.78 Å². The number of halogens is 1. The van der Waals surface area contributed by atoms with E-state index in [2.05, 4.69) is 4.74 Å². The summed E-state index contributed by atoms with van der Waals surface area (Å²) in [5, 5.41) is 0.322. The molecule has 0 aliphatic rings. The van der Waals surface area contributed by atoms with E-state index in [1.54, 1.807) is 24.3 Å². The lowest BCUT2D eigenvalue weighted by molar-refractivity contribution is 0.0695. The molecule has 0 saturated carbocycles. The fourth-order valence-corrected chi connectivity index (χ4v) is 1.34. The van der Waals surface area contributed by atoms with E-state index >= 15 is 0 Å². The summed E-state index contributed by atoms with van der Waals surface area (Å²) in [5.74, 6) is -0.376. The van der Waals surface area contributed by atoms with E-state index in [0.29, 0.717) is 10.6 Å². The van der Waals surface area contributed by atoms with Gasteiger partial charge in [-0.1, -0.05) is 23.7 Å². The maximum atomic E-state index is 11.7. The first-order valence-electron chi connectivity index (χ1n) is 4.27. The average Bonchev–Trinajstić information content (AvgIpc) is 2.16. The summed E-state index contributed by atoms with van der Waals surface area (Å²) in [7, 11) is 0. The molecule has 80 valence electrons. The Morgan fingerprint density at radius 2 is 2.00 bits per heavy atom. The molecular weight excluding hydrogens is 218 g/mol. The van der Waals surface area contributed by atoms with E-state index in [1.165, 1.54) is 6.92 Å². The highest BCUT2D eigenvalue weighted by molar-refractivity contribution is 6.34. The van der Waals surface area contributed by atoms with Gasteiger partial charge in [-0.15, -0.1) is 0 Å². The van der Waals surface area contributed by atoms with E-state index < -0.39 is 12.2 Å². The van der Waals surface area contributed by atoms with Crippen molar-refractivity contribution in [1.29, 1.82) is 0 Å². The summed E-state index contributed by atoms with van der Waals surface area (Å²) in [6.45, 7) is 1.44. The molecule has 4 nitrogen and oxygen atoms in total. The van der Waals surface area contributed by atoms with E-state index in [9.17, 15) is 9.59 Å². The van der Waals surface area contributed by atoms with E-state index in [1.807, 2.05) is 0 Å². The van der Waals surface area contributed by atoms with Crippen molar-refractivity contribution < 1.29 is 14.3 Å². The number of hydrogen-bond acceptors (Lipinski definition) is 3. The van der Waals surface area contributed by atoms with Crippen molar-refractivity contribution in [2.24, 2.45) is 5.73 Å². The zero-order valence-corrected chi connectivity index (χ0v) is 8.82. The highest BCUT2D eigenvalue weighted by atomic mass is 35.5. The minimum atomic E-state index is -0.983. The zero-order valence-electron chi connectivity index (χ0n) is 8.07. The Bertz CT molecular complexity index is 392. The Hall–Kier alpha value is -1.55. The van der Waals surface area contributed by atoms with Crippen molar-refractivity contribution in [2.45, 2.75) is 13.0 Å². The third-order valence-electron chi connectivity index (χ3n) is 1.80. The van der Waals surface area contributed by atoms with Crippen molar-refractivity contribution in [3.8, 4) is 0 Å². The Labute approximate surface area is 92.0 Å². The number of Topliss-reactive ketones (excluding diaryl/α,β-unsaturated/α-hetero) is 1. The van der Waals surface area contributed by atoms with Crippen LogP contribution in [0.1, 0.15) is 17.3 Å². The number of nitrogens with two attached hydrogens (primary N) is 1. The summed E-state index contributed by atoms with van der Waals surface area (Å²) < 4.78 is 4.55. The van der Waals surface area contributed by atoms with Crippen LogP contribution in [0.15, 0.2) is 24.3 Å².